The number of benzene rings is 1. The fourth-order valence-electron chi connectivity index (χ4n) is 4.06. The molecule has 5 heterocycles. The van der Waals surface area contributed by atoms with Crippen molar-refractivity contribution in [3.05, 3.63) is 65.7 Å². The first-order chi connectivity index (χ1) is 17.8. The molecule has 0 amide bonds. The molecule has 1 aliphatic heterocycles. The van der Waals surface area contributed by atoms with Crippen molar-refractivity contribution in [1.82, 2.24) is 30.0 Å². The number of ether oxygens (including phenoxy) is 3. The van der Waals surface area contributed by atoms with Crippen LogP contribution in [0, 0.1) is 0 Å². The van der Waals surface area contributed by atoms with Gasteiger partial charge in [-0.2, -0.15) is 4.52 Å². The maximum Gasteiger partial charge on any atom is 0.240 e. The molecule has 0 saturated carbocycles. The Morgan fingerprint density at radius 2 is 2.00 bits per heavy atom. The predicted molar refractivity (Wildman–Crippen MR) is 126 cm³/mol. The van der Waals surface area contributed by atoms with Crippen LogP contribution in [0.1, 0.15) is 41.1 Å². The summed E-state index contributed by atoms with van der Waals surface area (Å²) in [6.07, 6.45) is 5.04. The zero-order valence-electron chi connectivity index (χ0n) is 19.2. The van der Waals surface area contributed by atoms with E-state index >= 15 is 0 Å². The Morgan fingerprint density at radius 1 is 1.08 bits per heavy atom. The number of aromatic nitrogens is 6. The first-order valence-corrected chi connectivity index (χ1v) is 11.6. The number of nitrogens with zero attached hydrogens (tertiary/aromatic N) is 6. The third-order valence-electron chi connectivity index (χ3n) is 5.91. The average molecular weight is 486 g/mol. The molecule has 5 aromatic rings. The highest BCUT2D eigenvalue weighted by molar-refractivity contribution is 5.96. The summed E-state index contributed by atoms with van der Waals surface area (Å²) in [5.74, 6) is 1.36. The first-order valence-electron chi connectivity index (χ1n) is 11.6. The van der Waals surface area contributed by atoms with Gasteiger partial charge in [-0.05, 0) is 37.5 Å². The van der Waals surface area contributed by atoms with Crippen LogP contribution in [-0.2, 0) is 22.7 Å². The van der Waals surface area contributed by atoms with Crippen LogP contribution < -0.4 is 4.74 Å². The van der Waals surface area contributed by atoms with E-state index in [0.29, 0.717) is 46.7 Å². The van der Waals surface area contributed by atoms with Crippen LogP contribution >= 0.6 is 0 Å². The Bertz CT molecular complexity index is 1510. The lowest BCUT2D eigenvalue weighted by Crippen LogP contribution is -2.21. The van der Waals surface area contributed by atoms with Gasteiger partial charge >= 0.3 is 0 Å². The van der Waals surface area contributed by atoms with E-state index in [1.54, 1.807) is 22.7 Å². The summed E-state index contributed by atoms with van der Waals surface area (Å²) >= 11 is 0. The number of pyridine rings is 1. The second-order valence-corrected chi connectivity index (χ2v) is 8.38. The van der Waals surface area contributed by atoms with E-state index < -0.39 is 0 Å². The molecule has 1 unspecified atom stereocenters. The van der Waals surface area contributed by atoms with Gasteiger partial charge < -0.3 is 18.7 Å². The van der Waals surface area contributed by atoms with Gasteiger partial charge in [0.2, 0.25) is 11.7 Å². The quantitative estimate of drug-likeness (QED) is 0.299. The van der Waals surface area contributed by atoms with Crippen LogP contribution in [0.25, 0.3) is 27.9 Å². The molecule has 1 aromatic carbocycles. The molecule has 0 bridgehead atoms. The van der Waals surface area contributed by atoms with Crippen LogP contribution in [0.5, 0.6) is 5.88 Å². The minimum atomic E-state index is -0.224. The van der Waals surface area contributed by atoms with E-state index in [0.717, 1.165) is 36.3 Å². The van der Waals surface area contributed by atoms with Gasteiger partial charge in [-0.1, -0.05) is 23.4 Å². The Hall–Kier alpha value is -4.22. The summed E-state index contributed by atoms with van der Waals surface area (Å²) in [7, 11) is 0. The number of carbonyl (C=O) groups is 1. The Kier molecular flexibility index (Phi) is 6.06. The molecule has 0 spiro atoms. The van der Waals surface area contributed by atoms with Gasteiger partial charge in [0.15, 0.2) is 29.7 Å². The van der Waals surface area contributed by atoms with Gasteiger partial charge in [-0.25, -0.2) is 0 Å². The van der Waals surface area contributed by atoms with Crippen molar-refractivity contribution in [2.45, 2.75) is 38.8 Å². The Balaban J connectivity index is 1.29. The molecule has 6 rings (SSSR count). The van der Waals surface area contributed by atoms with Gasteiger partial charge in [0.25, 0.3) is 0 Å². The smallest absolute Gasteiger partial charge is 0.240 e. The molecule has 0 radical (unpaired) electrons. The van der Waals surface area contributed by atoms with E-state index in [9.17, 15) is 4.79 Å². The second kappa shape index (κ2) is 9.80. The highest BCUT2D eigenvalue weighted by atomic mass is 16.7. The van der Waals surface area contributed by atoms with Crippen LogP contribution in [0.15, 0.2) is 53.2 Å². The third kappa shape index (κ3) is 4.41. The van der Waals surface area contributed by atoms with Gasteiger partial charge in [0.05, 0.1) is 5.69 Å². The highest BCUT2D eigenvalue weighted by Crippen LogP contribution is 2.29. The zero-order valence-corrected chi connectivity index (χ0v) is 19.2. The Labute approximate surface area is 205 Å². The van der Waals surface area contributed by atoms with Crippen LogP contribution in [0.4, 0.5) is 0 Å². The lowest BCUT2D eigenvalue weighted by atomic mass is 10.2. The lowest BCUT2D eigenvalue weighted by Gasteiger charge is -2.21. The zero-order chi connectivity index (χ0) is 24.3. The highest BCUT2D eigenvalue weighted by Gasteiger charge is 2.20. The minimum Gasteiger partial charge on any atom is -0.470 e. The van der Waals surface area contributed by atoms with E-state index in [1.165, 1.54) is 6.20 Å². The summed E-state index contributed by atoms with van der Waals surface area (Å²) in [5, 5.41) is 19.1. The average Bonchev–Trinajstić information content (AvgIpc) is 3.58. The monoisotopic (exact) mass is 486 g/mol. The molecule has 0 aliphatic carbocycles. The predicted octanol–water partition coefficient (Wildman–Crippen LogP) is 3.76. The molecular weight excluding hydrogens is 464 g/mol. The number of hydrogen-bond donors (Lipinski definition) is 0. The third-order valence-corrected chi connectivity index (χ3v) is 5.91. The standard InChI is InChI=1S/C25H22N6O5/c32-13-16-8-9-17(26-12-16)14-35-25-20-6-2-1-5-19(20)23-27-28-24(31(23)29-25)21-11-18(36-30-21)15-34-22-7-3-4-10-33-22/h1-2,5-6,8-9,11-13,22H,3-4,7,10,14-15H2. The SMILES string of the molecule is O=Cc1ccc(COc2nn3c(-c4cc(COC5CCCCO5)on4)nnc3c3ccccc23)nc1. The number of fused-ring (bicyclic) bond motifs is 3. The van der Waals surface area contributed by atoms with E-state index in [-0.39, 0.29) is 19.5 Å². The van der Waals surface area contributed by atoms with Crippen molar-refractivity contribution in [2.24, 2.45) is 0 Å². The lowest BCUT2D eigenvalue weighted by molar-refractivity contribution is -0.171. The molecule has 1 saturated heterocycles. The number of aldehydes is 1. The molecule has 11 heteroatoms. The number of carbonyl (C=O) groups excluding carboxylic acids is 1. The Morgan fingerprint density at radius 3 is 2.81 bits per heavy atom. The molecule has 36 heavy (non-hydrogen) atoms. The maximum atomic E-state index is 10.9. The van der Waals surface area contributed by atoms with Crippen molar-refractivity contribution < 1.29 is 23.5 Å². The first kappa shape index (κ1) is 22.3. The van der Waals surface area contributed by atoms with Crippen molar-refractivity contribution in [3.63, 3.8) is 0 Å². The van der Waals surface area contributed by atoms with E-state index in [1.807, 2.05) is 24.3 Å². The van der Waals surface area contributed by atoms with Crippen molar-refractivity contribution in [3.8, 4) is 17.4 Å². The van der Waals surface area contributed by atoms with Gasteiger partial charge in [-0.3, -0.25) is 9.78 Å². The molecular formula is C25H22N6O5. The molecule has 1 atom stereocenters. The summed E-state index contributed by atoms with van der Waals surface area (Å²) < 4.78 is 24.5. The normalized spacial score (nSPS) is 15.9. The second-order valence-electron chi connectivity index (χ2n) is 8.38. The summed E-state index contributed by atoms with van der Waals surface area (Å²) in [4.78, 5) is 15.1. The fourth-order valence-corrected chi connectivity index (χ4v) is 4.06. The van der Waals surface area contributed by atoms with Crippen LogP contribution in [0.2, 0.25) is 0 Å². The summed E-state index contributed by atoms with van der Waals surface area (Å²) in [5.41, 5.74) is 2.21. The number of rotatable bonds is 8. The molecule has 4 aromatic heterocycles. The van der Waals surface area contributed by atoms with Crippen molar-refractivity contribution >= 4 is 22.7 Å². The number of hydrogen-bond acceptors (Lipinski definition) is 10. The largest absolute Gasteiger partial charge is 0.470 e. The summed E-state index contributed by atoms with van der Waals surface area (Å²) in [6.45, 7) is 1.13. The maximum absolute atomic E-state index is 10.9. The molecule has 0 N–H and O–H groups in total. The minimum absolute atomic E-state index is 0.174. The molecule has 1 fully saturated rings. The fraction of sp³-hybridized carbons (Fsp3) is 0.280. The van der Waals surface area contributed by atoms with Crippen LogP contribution in [-0.4, -0.2) is 49.1 Å². The molecule has 11 nitrogen and oxygen atoms in total. The van der Waals surface area contributed by atoms with Crippen molar-refractivity contribution in [1.29, 1.82) is 0 Å². The van der Waals surface area contributed by atoms with Gasteiger partial charge in [0, 0.05) is 35.2 Å². The van der Waals surface area contributed by atoms with E-state index in [2.05, 4.69) is 25.4 Å². The molecule has 182 valence electrons. The van der Waals surface area contributed by atoms with Gasteiger partial charge in [-0.15, -0.1) is 15.3 Å². The molecule has 1 aliphatic rings. The summed E-state index contributed by atoms with van der Waals surface area (Å²) in [6, 6.07) is 12.9. The van der Waals surface area contributed by atoms with E-state index in [4.69, 9.17) is 18.7 Å². The topological polar surface area (TPSA) is 127 Å². The van der Waals surface area contributed by atoms with Gasteiger partial charge in [0.1, 0.15) is 13.2 Å². The van der Waals surface area contributed by atoms with Crippen LogP contribution in [0.3, 0.4) is 0 Å². The van der Waals surface area contributed by atoms with Crippen molar-refractivity contribution in [2.75, 3.05) is 6.61 Å².